The molecule has 42 valence electrons. The quantitative estimate of drug-likeness (QED) is 0.241. The first-order valence-corrected chi connectivity index (χ1v) is 3.63. The van der Waals surface area contributed by atoms with Gasteiger partial charge in [0.1, 0.15) is 0 Å². The Hall–Kier alpha value is 0.200. The van der Waals surface area contributed by atoms with Crippen LogP contribution in [0.25, 0.3) is 0 Å². The molecule has 0 radical (unpaired) electrons. The Morgan fingerprint density at radius 1 is 1.86 bits per heavy atom. The third kappa shape index (κ3) is 4.04. The van der Waals surface area contributed by atoms with E-state index in [1.807, 2.05) is 6.92 Å². The van der Waals surface area contributed by atoms with E-state index in [1.165, 1.54) is 0 Å². The van der Waals surface area contributed by atoms with Gasteiger partial charge < -0.3 is 5.84 Å². The van der Waals surface area contributed by atoms with Gasteiger partial charge in [-0.15, -0.1) is 0 Å². The van der Waals surface area contributed by atoms with Crippen molar-refractivity contribution in [3.63, 3.8) is 0 Å². The topological polar surface area (TPSA) is 38.4 Å². The van der Waals surface area contributed by atoms with Gasteiger partial charge in [-0.3, -0.25) is 0 Å². The van der Waals surface area contributed by atoms with Gasteiger partial charge in [0.25, 0.3) is 0 Å². The van der Waals surface area contributed by atoms with Crippen molar-refractivity contribution in [1.82, 2.24) is 0 Å². The molecule has 0 rings (SSSR count). The molecule has 3 heteroatoms. The van der Waals surface area contributed by atoms with E-state index in [9.17, 15) is 0 Å². The smallest absolute Gasteiger partial charge is 0.0352 e. The van der Waals surface area contributed by atoms with Crippen molar-refractivity contribution in [1.29, 1.82) is 0 Å². The summed E-state index contributed by atoms with van der Waals surface area (Å²) >= 11 is 2.29. The Labute approximate surface area is 57.3 Å². The van der Waals surface area contributed by atoms with Gasteiger partial charge in [0, 0.05) is 10.1 Å². The number of rotatable bonds is 2. The maximum atomic E-state index is 4.94. The van der Waals surface area contributed by atoms with Gasteiger partial charge >= 0.3 is 0 Å². The van der Waals surface area contributed by atoms with Crippen molar-refractivity contribution in [2.45, 2.75) is 13.3 Å². The fourth-order valence-corrected chi connectivity index (χ4v) is 0.982. The van der Waals surface area contributed by atoms with Crippen molar-refractivity contribution in [2.75, 3.05) is 4.43 Å². The molecule has 0 heterocycles. The van der Waals surface area contributed by atoms with E-state index in [1.54, 1.807) is 0 Å². The van der Waals surface area contributed by atoms with Crippen molar-refractivity contribution < 1.29 is 0 Å². The lowest BCUT2D eigenvalue weighted by molar-refractivity contribution is 1.18. The number of nitrogens with zero attached hydrogens (tertiary/aromatic N) is 1. The molecule has 2 N–H and O–H groups in total. The summed E-state index contributed by atoms with van der Waals surface area (Å²) in [6.07, 6.45) is 1.01. The Balaban J connectivity index is 3.17. The molecule has 2 nitrogen and oxygen atoms in total. The predicted molar refractivity (Wildman–Crippen MR) is 40.8 cm³/mol. The summed E-state index contributed by atoms with van der Waals surface area (Å²) in [5, 5.41) is 3.49. The molecule has 0 aromatic rings. The van der Waals surface area contributed by atoms with E-state index in [4.69, 9.17) is 5.84 Å². The molecule has 0 aromatic carbocycles. The Morgan fingerprint density at radius 2 is 2.43 bits per heavy atom. The fourth-order valence-electron chi connectivity index (χ4n) is 0.201. The number of alkyl halides is 1. The third-order valence-electron chi connectivity index (χ3n) is 0.677. The van der Waals surface area contributed by atoms with Crippen molar-refractivity contribution in [3.05, 3.63) is 0 Å². The van der Waals surface area contributed by atoms with Gasteiger partial charge in [-0.2, -0.15) is 5.10 Å². The SMILES string of the molecule is C/C(CCI)=N/N. The summed E-state index contributed by atoms with van der Waals surface area (Å²) in [6, 6.07) is 0. The summed E-state index contributed by atoms with van der Waals surface area (Å²) in [4.78, 5) is 0. The van der Waals surface area contributed by atoms with Crippen LogP contribution in [-0.4, -0.2) is 10.1 Å². The second kappa shape index (κ2) is 4.36. The normalized spacial score (nSPS) is 12.0. The van der Waals surface area contributed by atoms with Gasteiger partial charge in [-0.05, 0) is 13.3 Å². The van der Waals surface area contributed by atoms with E-state index in [-0.39, 0.29) is 0 Å². The Morgan fingerprint density at radius 3 is 2.57 bits per heavy atom. The molecule has 0 atom stereocenters. The van der Waals surface area contributed by atoms with Crippen LogP contribution in [0.1, 0.15) is 13.3 Å². The number of hydrogen-bond acceptors (Lipinski definition) is 2. The van der Waals surface area contributed by atoms with Crippen LogP contribution in [0.4, 0.5) is 0 Å². The summed E-state index contributed by atoms with van der Waals surface area (Å²) in [5.41, 5.74) is 1.02. The average molecular weight is 212 g/mol. The van der Waals surface area contributed by atoms with Crippen LogP contribution in [0, 0.1) is 0 Å². The standard InChI is InChI=1S/C4H9IN2/c1-4(7-6)2-3-5/h2-3,6H2,1H3/b7-4-. The van der Waals surface area contributed by atoms with Crippen LogP contribution in [0.5, 0.6) is 0 Å². The molecule has 0 saturated heterocycles. The molecule has 0 fully saturated rings. The minimum atomic E-state index is 1.01. The summed E-state index contributed by atoms with van der Waals surface area (Å²) in [7, 11) is 0. The molecular weight excluding hydrogens is 203 g/mol. The van der Waals surface area contributed by atoms with E-state index >= 15 is 0 Å². The lowest BCUT2D eigenvalue weighted by Crippen LogP contribution is -1.95. The van der Waals surface area contributed by atoms with E-state index in [0.29, 0.717) is 0 Å². The van der Waals surface area contributed by atoms with Gasteiger partial charge in [-0.25, -0.2) is 0 Å². The van der Waals surface area contributed by atoms with Crippen LogP contribution >= 0.6 is 22.6 Å². The molecule has 0 aliphatic heterocycles. The summed E-state index contributed by atoms with van der Waals surface area (Å²) < 4.78 is 1.10. The van der Waals surface area contributed by atoms with Crippen LogP contribution in [0.3, 0.4) is 0 Å². The zero-order chi connectivity index (χ0) is 5.70. The highest BCUT2D eigenvalue weighted by Gasteiger charge is 1.83. The van der Waals surface area contributed by atoms with Gasteiger partial charge in [0.05, 0.1) is 0 Å². The molecule has 0 spiro atoms. The van der Waals surface area contributed by atoms with Crippen molar-refractivity contribution >= 4 is 28.3 Å². The molecule has 0 amide bonds. The van der Waals surface area contributed by atoms with Crippen LogP contribution in [-0.2, 0) is 0 Å². The minimum Gasteiger partial charge on any atom is -0.323 e. The maximum Gasteiger partial charge on any atom is 0.0352 e. The van der Waals surface area contributed by atoms with Crippen LogP contribution in [0.15, 0.2) is 5.10 Å². The Kier molecular flexibility index (Phi) is 4.49. The minimum absolute atomic E-state index is 1.01. The average Bonchev–Trinajstić information content (AvgIpc) is 1.68. The summed E-state index contributed by atoms with van der Waals surface area (Å²) in [6.45, 7) is 1.93. The van der Waals surface area contributed by atoms with Crippen LogP contribution in [0.2, 0.25) is 0 Å². The second-order valence-electron chi connectivity index (χ2n) is 1.30. The van der Waals surface area contributed by atoms with Crippen molar-refractivity contribution in [2.24, 2.45) is 10.9 Å². The highest BCUT2D eigenvalue weighted by Crippen LogP contribution is 1.89. The zero-order valence-electron chi connectivity index (χ0n) is 4.32. The molecule has 0 aromatic heterocycles. The fraction of sp³-hybridized carbons (Fsp3) is 0.750. The van der Waals surface area contributed by atoms with Crippen molar-refractivity contribution in [3.8, 4) is 0 Å². The first-order chi connectivity index (χ1) is 3.31. The molecule has 7 heavy (non-hydrogen) atoms. The molecule has 0 aliphatic rings. The first-order valence-electron chi connectivity index (χ1n) is 2.10. The van der Waals surface area contributed by atoms with Gasteiger partial charge in [-0.1, -0.05) is 22.6 Å². The summed E-state index contributed by atoms with van der Waals surface area (Å²) in [5.74, 6) is 4.94. The number of halogens is 1. The molecule has 0 unspecified atom stereocenters. The van der Waals surface area contributed by atoms with E-state index < -0.39 is 0 Å². The monoisotopic (exact) mass is 212 g/mol. The molecule has 0 bridgehead atoms. The zero-order valence-corrected chi connectivity index (χ0v) is 6.47. The first kappa shape index (κ1) is 7.20. The van der Waals surface area contributed by atoms with Crippen LogP contribution < -0.4 is 5.84 Å². The predicted octanol–water partition coefficient (Wildman–Crippen LogP) is 1.15. The lowest BCUT2D eigenvalue weighted by atomic mass is 10.3. The second-order valence-corrected chi connectivity index (χ2v) is 2.38. The third-order valence-corrected chi connectivity index (χ3v) is 1.22. The van der Waals surface area contributed by atoms with Gasteiger partial charge in [0.15, 0.2) is 0 Å². The molecular formula is C4H9IN2. The number of hydrogen-bond donors (Lipinski definition) is 1. The molecule has 0 aliphatic carbocycles. The highest BCUT2D eigenvalue weighted by atomic mass is 127. The van der Waals surface area contributed by atoms with E-state index in [0.717, 1.165) is 16.6 Å². The maximum absolute atomic E-state index is 4.94. The Bertz CT molecular complexity index is 70.1. The highest BCUT2D eigenvalue weighted by molar-refractivity contribution is 14.1. The number of hydrazone groups is 1. The molecule has 0 saturated carbocycles. The lowest BCUT2D eigenvalue weighted by Gasteiger charge is -1.88. The largest absolute Gasteiger partial charge is 0.323 e. The van der Waals surface area contributed by atoms with Gasteiger partial charge in [0.2, 0.25) is 0 Å². The number of nitrogens with two attached hydrogens (primary N) is 1. The van der Waals surface area contributed by atoms with E-state index in [2.05, 4.69) is 27.7 Å².